The van der Waals surface area contributed by atoms with Crippen LogP contribution in [0.15, 0.2) is 60.9 Å². The Labute approximate surface area is 155 Å². The summed E-state index contributed by atoms with van der Waals surface area (Å²) in [6, 6.07) is 17.2. The van der Waals surface area contributed by atoms with E-state index in [0.29, 0.717) is 5.92 Å². The molecular formula is C22H26N4. The number of aromatic nitrogens is 3. The van der Waals surface area contributed by atoms with E-state index in [1.807, 2.05) is 12.4 Å². The molecule has 1 aliphatic rings. The van der Waals surface area contributed by atoms with Crippen LogP contribution >= 0.6 is 0 Å². The first-order valence-corrected chi connectivity index (χ1v) is 9.59. The van der Waals surface area contributed by atoms with Gasteiger partial charge in [-0.2, -0.15) is 0 Å². The fourth-order valence-corrected chi connectivity index (χ4v) is 3.89. The molecule has 4 heteroatoms. The number of benzene rings is 1. The van der Waals surface area contributed by atoms with Gasteiger partial charge in [-0.1, -0.05) is 43.3 Å². The van der Waals surface area contributed by atoms with Gasteiger partial charge in [0.2, 0.25) is 0 Å². The van der Waals surface area contributed by atoms with Gasteiger partial charge >= 0.3 is 0 Å². The minimum Gasteiger partial charge on any atom is -0.298 e. The third kappa shape index (κ3) is 3.70. The highest BCUT2D eigenvalue weighted by molar-refractivity contribution is 5.28. The van der Waals surface area contributed by atoms with Crippen molar-refractivity contribution in [1.29, 1.82) is 0 Å². The minimum atomic E-state index is 0.501. The smallest absolute Gasteiger partial charge is 0.138 e. The van der Waals surface area contributed by atoms with Gasteiger partial charge in [-0.25, -0.2) is 9.97 Å². The number of hydrogen-bond acceptors (Lipinski definition) is 3. The molecule has 0 aliphatic carbocycles. The molecule has 0 spiro atoms. The molecule has 1 atom stereocenters. The first-order chi connectivity index (χ1) is 12.8. The quantitative estimate of drug-likeness (QED) is 0.694. The number of aryl methyl sites for hydroxylation is 1. The van der Waals surface area contributed by atoms with Crippen molar-refractivity contribution in [2.24, 2.45) is 0 Å². The van der Waals surface area contributed by atoms with Crippen LogP contribution in [0.25, 0.3) is 5.82 Å². The molecular weight excluding hydrogens is 320 g/mol. The highest BCUT2D eigenvalue weighted by Crippen LogP contribution is 2.27. The number of imidazole rings is 1. The SMILES string of the molecule is CCc1nccn1-c1cccc(C2CCCN(Cc3ccccc3)C2)n1. The molecule has 0 bridgehead atoms. The van der Waals surface area contributed by atoms with E-state index in [1.54, 1.807) is 0 Å². The zero-order chi connectivity index (χ0) is 17.8. The zero-order valence-corrected chi connectivity index (χ0v) is 15.4. The second kappa shape index (κ2) is 7.83. The number of hydrogen-bond donors (Lipinski definition) is 0. The lowest BCUT2D eigenvalue weighted by Gasteiger charge is -2.32. The molecule has 1 aliphatic heterocycles. The fraction of sp³-hybridized carbons (Fsp3) is 0.364. The van der Waals surface area contributed by atoms with Crippen LogP contribution in [0.5, 0.6) is 0 Å². The number of rotatable bonds is 5. The predicted molar refractivity (Wildman–Crippen MR) is 104 cm³/mol. The third-order valence-corrected chi connectivity index (χ3v) is 5.21. The summed E-state index contributed by atoms with van der Waals surface area (Å²) in [7, 11) is 0. The summed E-state index contributed by atoms with van der Waals surface area (Å²) < 4.78 is 2.11. The fourth-order valence-electron chi connectivity index (χ4n) is 3.89. The van der Waals surface area contributed by atoms with Crippen molar-refractivity contribution in [2.75, 3.05) is 13.1 Å². The second-order valence-corrected chi connectivity index (χ2v) is 7.05. The molecule has 0 amide bonds. The molecule has 0 radical (unpaired) electrons. The van der Waals surface area contributed by atoms with Crippen molar-refractivity contribution in [3.8, 4) is 5.82 Å². The normalized spacial score (nSPS) is 18.1. The molecule has 2 aromatic heterocycles. The maximum atomic E-state index is 4.99. The average Bonchev–Trinajstić information content (AvgIpc) is 3.18. The highest BCUT2D eigenvalue weighted by Gasteiger charge is 2.22. The van der Waals surface area contributed by atoms with Gasteiger partial charge in [-0.05, 0) is 37.1 Å². The van der Waals surface area contributed by atoms with Gasteiger partial charge in [-0.3, -0.25) is 9.47 Å². The van der Waals surface area contributed by atoms with E-state index in [9.17, 15) is 0 Å². The lowest BCUT2D eigenvalue weighted by molar-refractivity contribution is 0.198. The molecule has 4 rings (SSSR count). The van der Waals surface area contributed by atoms with Gasteiger partial charge in [0.05, 0.1) is 0 Å². The van der Waals surface area contributed by atoms with Crippen molar-refractivity contribution in [3.05, 3.63) is 78.0 Å². The standard InChI is InChI=1S/C22H26N4/c1-2-21-23-13-15-26(21)22-12-6-11-20(24-22)19-10-7-14-25(17-19)16-18-8-4-3-5-9-18/h3-6,8-9,11-13,15,19H,2,7,10,14,16-17H2,1H3. The van der Waals surface area contributed by atoms with E-state index >= 15 is 0 Å². The van der Waals surface area contributed by atoms with Crippen molar-refractivity contribution < 1.29 is 0 Å². The average molecular weight is 346 g/mol. The molecule has 1 fully saturated rings. The Hall–Kier alpha value is -2.46. The van der Waals surface area contributed by atoms with Crippen molar-refractivity contribution >= 4 is 0 Å². The Bertz CT molecular complexity index is 840. The van der Waals surface area contributed by atoms with Gasteiger partial charge < -0.3 is 0 Å². The van der Waals surface area contributed by atoms with Crippen molar-refractivity contribution in [3.63, 3.8) is 0 Å². The van der Waals surface area contributed by atoms with Crippen LogP contribution in [-0.4, -0.2) is 32.5 Å². The van der Waals surface area contributed by atoms with Gasteiger partial charge in [0.15, 0.2) is 0 Å². The molecule has 4 nitrogen and oxygen atoms in total. The highest BCUT2D eigenvalue weighted by atomic mass is 15.1. The van der Waals surface area contributed by atoms with Crippen LogP contribution in [-0.2, 0) is 13.0 Å². The number of piperidine rings is 1. The van der Waals surface area contributed by atoms with E-state index < -0.39 is 0 Å². The van der Waals surface area contributed by atoms with E-state index in [-0.39, 0.29) is 0 Å². The molecule has 26 heavy (non-hydrogen) atoms. The summed E-state index contributed by atoms with van der Waals surface area (Å²) in [5, 5.41) is 0. The maximum absolute atomic E-state index is 4.99. The third-order valence-electron chi connectivity index (χ3n) is 5.21. The van der Waals surface area contributed by atoms with E-state index in [4.69, 9.17) is 4.98 Å². The topological polar surface area (TPSA) is 34.0 Å². The van der Waals surface area contributed by atoms with Crippen molar-refractivity contribution in [1.82, 2.24) is 19.4 Å². The molecule has 1 aromatic carbocycles. The molecule has 0 N–H and O–H groups in total. The summed E-state index contributed by atoms with van der Waals surface area (Å²) in [5.41, 5.74) is 2.59. The van der Waals surface area contributed by atoms with Gasteiger partial charge in [0.25, 0.3) is 0 Å². The summed E-state index contributed by atoms with van der Waals surface area (Å²) in [6.07, 6.45) is 7.22. The Morgan fingerprint density at radius 1 is 1.08 bits per heavy atom. The monoisotopic (exact) mass is 346 g/mol. The lowest BCUT2D eigenvalue weighted by Crippen LogP contribution is -2.34. The number of likely N-dealkylation sites (tertiary alicyclic amines) is 1. The van der Waals surface area contributed by atoms with E-state index in [1.165, 1.54) is 30.6 Å². The molecule has 3 aromatic rings. The molecule has 0 saturated carbocycles. The second-order valence-electron chi connectivity index (χ2n) is 7.05. The Kier molecular flexibility index (Phi) is 5.12. The number of pyridine rings is 1. The predicted octanol–water partition coefficient (Wildman–Crippen LogP) is 4.21. The summed E-state index contributed by atoms with van der Waals surface area (Å²) >= 11 is 0. The zero-order valence-electron chi connectivity index (χ0n) is 15.4. The van der Waals surface area contributed by atoms with E-state index in [0.717, 1.165) is 31.2 Å². The van der Waals surface area contributed by atoms with Crippen LogP contribution in [0.4, 0.5) is 0 Å². The summed E-state index contributed by atoms with van der Waals surface area (Å²) in [5.74, 6) is 2.54. The van der Waals surface area contributed by atoms with Gasteiger partial charge in [0.1, 0.15) is 11.6 Å². The van der Waals surface area contributed by atoms with Crippen LogP contribution in [0.1, 0.15) is 42.8 Å². The minimum absolute atomic E-state index is 0.501. The van der Waals surface area contributed by atoms with Gasteiger partial charge in [0, 0.05) is 43.5 Å². The Morgan fingerprint density at radius 2 is 1.96 bits per heavy atom. The Morgan fingerprint density at radius 3 is 2.81 bits per heavy atom. The molecule has 3 heterocycles. The van der Waals surface area contributed by atoms with Gasteiger partial charge in [-0.15, -0.1) is 0 Å². The Balaban J connectivity index is 1.51. The summed E-state index contributed by atoms with van der Waals surface area (Å²) in [6.45, 7) is 5.41. The molecule has 1 unspecified atom stereocenters. The van der Waals surface area contributed by atoms with Crippen LogP contribution in [0.2, 0.25) is 0 Å². The van der Waals surface area contributed by atoms with Crippen LogP contribution < -0.4 is 0 Å². The largest absolute Gasteiger partial charge is 0.298 e. The first kappa shape index (κ1) is 17.0. The number of nitrogens with zero attached hydrogens (tertiary/aromatic N) is 4. The maximum Gasteiger partial charge on any atom is 0.138 e. The summed E-state index contributed by atoms with van der Waals surface area (Å²) in [4.78, 5) is 12.0. The first-order valence-electron chi connectivity index (χ1n) is 9.59. The van der Waals surface area contributed by atoms with Crippen LogP contribution in [0, 0.1) is 0 Å². The van der Waals surface area contributed by atoms with E-state index in [2.05, 4.69) is 69.9 Å². The molecule has 1 saturated heterocycles. The molecule has 134 valence electrons. The van der Waals surface area contributed by atoms with Crippen LogP contribution in [0.3, 0.4) is 0 Å². The van der Waals surface area contributed by atoms with Crippen molar-refractivity contribution in [2.45, 2.75) is 38.6 Å². The lowest BCUT2D eigenvalue weighted by atomic mass is 9.94.